The summed E-state index contributed by atoms with van der Waals surface area (Å²) in [5.41, 5.74) is 3.65. The van der Waals surface area contributed by atoms with E-state index >= 15 is 0 Å². The molecular weight excluding hydrogens is 278 g/mol. The summed E-state index contributed by atoms with van der Waals surface area (Å²) in [6.45, 7) is 4.83. The summed E-state index contributed by atoms with van der Waals surface area (Å²) < 4.78 is 0. The minimum Gasteiger partial charge on any atom is -0.341 e. The summed E-state index contributed by atoms with van der Waals surface area (Å²) in [6, 6.07) is 16.4. The van der Waals surface area contributed by atoms with E-state index in [-0.39, 0.29) is 5.91 Å². The molecule has 0 atom stereocenters. The number of hydrogen-bond acceptors (Lipinski definition) is 2. The molecule has 0 heterocycles. The minimum atomic E-state index is 0.156. The Labute approximate surface area is 131 Å². The number of carbonyl (C=O) groups excluding carboxylic acids is 1. The van der Waals surface area contributed by atoms with Gasteiger partial charge in [0.2, 0.25) is 5.91 Å². The van der Waals surface area contributed by atoms with E-state index in [1.165, 1.54) is 16.0 Å². The number of amides is 1. The van der Waals surface area contributed by atoms with Crippen molar-refractivity contribution in [3.63, 3.8) is 0 Å². The first-order chi connectivity index (χ1) is 10.1. The first-order valence-electron chi connectivity index (χ1n) is 7.04. The number of nitrogens with zero attached hydrogens (tertiary/aromatic N) is 1. The Hall–Kier alpha value is -1.74. The van der Waals surface area contributed by atoms with Gasteiger partial charge in [-0.1, -0.05) is 48.0 Å². The Morgan fingerprint density at radius 3 is 2.48 bits per heavy atom. The van der Waals surface area contributed by atoms with Crippen molar-refractivity contribution in [2.24, 2.45) is 0 Å². The van der Waals surface area contributed by atoms with Gasteiger partial charge in [0.15, 0.2) is 0 Å². The lowest BCUT2D eigenvalue weighted by atomic mass is 10.2. The SMILES string of the molecule is Cc1ccc(SCC(=O)N(C)Cc2ccccc2)c(C)c1. The van der Waals surface area contributed by atoms with Gasteiger partial charge in [0, 0.05) is 18.5 Å². The quantitative estimate of drug-likeness (QED) is 0.776. The van der Waals surface area contributed by atoms with Crippen molar-refractivity contribution in [3.8, 4) is 0 Å². The van der Waals surface area contributed by atoms with Gasteiger partial charge >= 0.3 is 0 Å². The average Bonchev–Trinajstić information content (AvgIpc) is 2.47. The highest BCUT2D eigenvalue weighted by atomic mass is 32.2. The van der Waals surface area contributed by atoms with Crippen molar-refractivity contribution in [1.82, 2.24) is 4.90 Å². The third-order valence-corrected chi connectivity index (χ3v) is 4.53. The molecule has 2 aromatic rings. The third-order valence-electron chi connectivity index (χ3n) is 3.37. The molecule has 0 bridgehead atoms. The highest BCUT2D eigenvalue weighted by Gasteiger charge is 2.10. The Balaban J connectivity index is 1.89. The second-order valence-corrected chi connectivity index (χ2v) is 6.31. The van der Waals surface area contributed by atoms with Crippen LogP contribution in [0.15, 0.2) is 53.4 Å². The average molecular weight is 299 g/mol. The molecule has 0 saturated carbocycles. The maximum Gasteiger partial charge on any atom is 0.232 e. The predicted molar refractivity (Wildman–Crippen MR) is 89.6 cm³/mol. The Morgan fingerprint density at radius 2 is 1.81 bits per heavy atom. The van der Waals surface area contributed by atoms with E-state index in [4.69, 9.17) is 0 Å². The monoisotopic (exact) mass is 299 g/mol. The molecule has 21 heavy (non-hydrogen) atoms. The molecule has 2 aromatic carbocycles. The summed E-state index contributed by atoms with van der Waals surface area (Å²) >= 11 is 1.61. The van der Waals surface area contributed by atoms with Crippen LogP contribution in [-0.2, 0) is 11.3 Å². The van der Waals surface area contributed by atoms with Crippen molar-refractivity contribution in [2.75, 3.05) is 12.8 Å². The lowest BCUT2D eigenvalue weighted by Crippen LogP contribution is -2.27. The highest BCUT2D eigenvalue weighted by Crippen LogP contribution is 2.23. The number of aryl methyl sites for hydroxylation is 2. The Morgan fingerprint density at radius 1 is 1.10 bits per heavy atom. The van der Waals surface area contributed by atoms with Gasteiger partial charge in [-0.05, 0) is 31.0 Å². The van der Waals surface area contributed by atoms with Gasteiger partial charge in [0.05, 0.1) is 5.75 Å². The summed E-state index contributed by atoms with van der Waals surface area (Å²) in [5.74, 6) is 0.636. The van der Waals surface area contributed by atoms with E-state index in [2.05, 4.69) is 32.0 Å². The van der Waals surface area contributed by atoms with Crippen LogP contribution in [0.3, 0.4) is 0 Å². The first kappa shape index (κ1) is 15.6. The van der Waals surface area contributed by atoms with Crippen molar-refractivity contribution >= 4 is 17.7 Å². The normalized spacial score (nSPS) is 10.4. The fraction of sp³-hybridized carbons (Fsp3) is 0.278. The molecule has 0 radical (unpaired) electrons. The standard InChI is InChI=1S/C18H21NOS/c1-14-9-10-17(15(2)11-14)21-13-18(20)19(3)12-16-7-5-4-6-8-16/h4-11H,12-13H2,1-3H3. The van der Waals surface area contributed by atoms with E-state index < -0.39 is 0 Å². The predicted octanol–water partition coefficient (Wildman–Crippen LogP) is 4.05. The van der Waals surface area contributed by atoms with Crippen LogP contribution in [0, 0.1) is 13.8 Å². The molecule has 0 aliphatic rings. The van der Waals surface area contributed by atoms with Crippen LogP contribution in [0.25, 0.3) is 0 Å². The van der Waals surface area contributed by atoms with Gasteiger partial charge in [0.1, 0.15) is 0 Å². The molecule has 0 fully saturated rings. The molecule has 0 spiro atoms. The lowest BCUT2D eigenvalue weighted by Gasteiger charge is -2.17. The molecule has 0 aliphatic carbocycles. The van der Waals surface area contributed by atoms with Crippen LogP contribution in [-0.4, -0.2) is 23.6 Å². The van der Waals surface area contributed by atoms with Crippen molar-refractivity contribution in [2.45, 2.75) is 25.3 Å². The van der Waals surface area contributed by atoms with E-state index in [0.717, 1.165) is 5.56 Å². The highest BCUT2D eigenvalue weighted by molar-refractivity contribution is 8.00. The van der Waals surface area contributed by atoms with Crippen LogP contribution in [0.5, 0.6) is 0 Å². The molecular formula is C18H21NOS. The molecule has 2 nitrogen and oxygen atoms in total. The largest absolute Gasteiger partial charge is 0.341 e. The number of rotatable bonds is 5. The molecule has 0 N–H and O–H groups in total. The number of hydrogen-bond donors (Lipinski definition) is 0. The van der Waals surface area contributed by atoms with Crippen LogP contribution >= 0.6 is 11.8 Å². The second-order valence-electron chi connectivity index (χ2n) is 5.29. The van der Waals surface area contributed by atoms with E-state index in [1.807, 2.05) is 37.4 Å². The van der Waals surface area contributed by atoms with E-state index in [1.54, 1.807) is 16.7 Å². The van der Waals surface area contributed by atoms with Gasteiger partial charge in [-0.3, -0.25) is 4.79 Å². The second kappa shape index (κ2) is 7.32. The first-order valence-corrected chi connectivity index (χ1v) is 8.03. The van der Waals surface area contributed by atoms with Crippen molar-refractivity contribution < 1.29 is 4.79 Å². The summed E-state index contributed by atoms with van der Waals surface area (Å²) in [4.78, 5) is 15.2. The van der Waals surface area contributed by atoms with Crippen LogP contribution in [0.1, 0.15) is 16.7 Å². The zero-order valence-corrected chi connectivity index (χ0v) is 13.6. The number of carbonyl (C=O) groups is 1. The van der Waals surface area contributed by atoms with E-state index in [0.29, 0.717) is 12.3 Å². The van der Waals surface area contributed by atoms with Gasteiger partial charge < -0.3 is 4.90 Å². The molecule has 0 saturated heterocycles. The van der Waals surface area contributed by atoms with Gasteiger partial charge in [-0.25, -0.2) is 0 Å². The van der Waals surface area contributed by atoms with Crippen molar-refractivity contribution in [1.29, 1.82) is 0 Å². The fourth-order valence-electron chi connectivity index (χ4n) is 2.16. The lowest BCUT2D eigenvalue weighted by molar-refractivity contribution is -0.127. The summed E-state index contributed by atoms with van der Waals surface area (Å²) in [7, 11) is 1.86. The molecule has 1 amide bonds. The molecule has 2 rings (SSSR count). The smallest absolute Gasteiger partial charge is 0.232 e. The van der Waals surface area contributed by atoms with E-state index in [9.17, 15) is 4.79 Å². The summed E-state index contributed by atoms with van der Waals surface area (Å²) in [5, 5.41) is 0. The molecule has 110 valence electrons. The zero-order chi connectivity index (χ0) is 15.2. The Kier molecular flexibility index (Phi) is 5.45. The maximum absolute atomic E-state index is 12.2. The maximum atomic E-state index is 12.2. The molecule has 0 unspecified atom stereocenters. The Bertz CT molecular complexity index is 610. The molecule has 0 aromatic heterocycles. The number of thioether (sulfide) groups is 1. The minimum absolute atomic E-state index is 0.156. The van der Waals surface area contributed by atoms with Gasteiger partial charge in [-0.2, -0.15) is 0 Å². The summed E-state index contributed by atoms with van der Waals surface area (Å²) in [6.07, 6.45) is 0. The van der Waals surface area contributed by atoms with Crippen LogP contribution in [0.4, 0.5) is 0 Å². The van der Waals surface area contributed by atoms with Crippen LogP contribution < -0.4 is 0 Å². The topological polar surface area (TPSA) is 20.3 Å². The third kappa shape index (κ3) is 4.64. The molecule has 0 aliphatic heterocycles. The van der Waals surface area contributed by atoms with Gasteiger partial charge in [0.25, 0.3) is 0 Å². The molecule has 3 heteroatoms. The van der Waals surface area contributed by atoms with Crippen molar-refractivity contribution in [3.05, 3.63) is 65.2 Å². The van der Waals surface area contributed by atoms with Gasteiger partial charge in [-0.15, -0.1) is 11.8 Å². The number of benzene rings is 2. The zero-order valence-electron chi connectivity index (χ0n) is 12.8. The fourth-order valence-corrected chi connectivity index (χ4v) is 3.11. The van der Waals surface area contributed by atoms with Crippen LogP contribution in [0.2, 0.25) is 0 Å².